The number of morpholine rings is 1. The maximum Gasteiger partial charge on any atom is 0.287 e. The molecule has 1 unspecified atom stereocenters. The Kier molecular flexibility index (Phi) is 5.80. The van der Waals surface area contributed by atoms with Crippen molar-refractivity contribution in [2.45, 2.75) is 19.9 Å². The summed E-state index contributed by atoms with van der Waals surface area (Å²) in [7, 11) is 0. The highest BCUT2D eigenvalue weighted by molar-refractivity contribution is 7.10. The van der Waals surface area contributed by atoms with Crippen molar-refractivity contribution in [3.05, 3.63) is 67.7 Å². The molecule has 1 saturated heterocycles. The second kappa shape index (κ2) is 8.49. The highest BCUT2D eigenvalue weighted by Gasteiger charge is 2.24. The van der Waals surface area contributed by atoms with Crippen LogP contribution in [0.1, 0.15) is 32.6 Å². The van der Waals surface area contributed by atoms with Crippen molar-refractivity contribution in [1.29, 1.82) is 0 Å². The average Bonchev–Trinajstić information content (AvgIpc) is 3.25. The van der Waals surface area contributed by atoms with E-state index in [1.165, 1.54) is 10.9 Å². The summed E-state index contributed by atoms with van der Waals surface area (Å²) in [6.45, 7) is 7.36. The summed E-state index contributed by atoms with van der Waals surface area (Å²) in [5.41, 5.74) is 2.27. The molecule has 29 heavy (non-hydrogen) atoms. The first-order valence-electron chi connectivity index (χ1n) is 9.71. The van der Waals surface area contributed by atoms with Gasteiger partial charge in [0.05, 0.1) is 24.6 Å². The molecule has 7 heteroatoms. The first-order valence-corrected chi connectivity index (χ1v) is 10.6. The van der Waals surface area contributed by atoms with Crippen LogP contribution in [0.25, 0.3) is 11.0 Å². The molecule has 1 fully saturated rings. The topological polar surface area (TPSA) is 71.8 Å². The van der Waals surface area contributed by atoms with E-state index in [2.05, 4.69) is 16.3 Å². The lowest BCUT2D eigenvalue weighted by molar-refractivity contribution is 0.0168. The van der Waals surface area contributed by atoms with Gasteiger partial charge in [0.25, 0.3) is 5.91 Å². The van der Waals surface area contributed by atoms with Crippen LogP contribution >= 0.6 is 11.3 Å². The largest absolute Gasteiger partial charge is 0.451 e. The number of thiophene rings is 1. The minimum absolute atomic E-state index is 0.0395. The second-order valence-electron chi connectivity index (χ2n) is 7.30. The van der Waals surface area contributed by atoms with Gasteiger partial charge in [-0.1, -0.05) is 6.07 Å². The van der Waals surface area contributed by atoms with Gasteiger partial charge in [-0.25, -0.2) is 0 Å². The fraction of sp³-hybridized carbons (Fsp3) is 0.364. The number of carbonyl (C=O) groups excluding carboxylic acids is 1. The maximum atomic E-state index is 12.8. The number of carbonyl (C=O) groups is 1. The minimum Gasteiger partial charge on any atom is -0.451 e. The molecule has 0 radical (unpaired) electrons. The monoisotopic (exact) mass is 412 g/mol. The Morgan fingerprint density at radius 3 is 2.69 bits per heavy atom. The van der Waals surface area contributed by atoms with Gasteiger partial charge in [-0.2, -0.15) is 0 Å². The van der Waals surface area contributed by atoms with Crippen LogP contribution in [0.3, 0.4) is 0 Å². The molecule has 0 saturated carbocycles. The van der Waals surface area contributed by atoms with Crippen molar-refractivity contribution in [2.75, 3.05) is 32.8 Å². The van der Waals surface area contributed by atoms with E-state index in [1.54, 1.807) is 11.3 Å². The predicted octanol–water partition coefficient (Wildman–Crippen LogP) is 3.27. The Balaban J connectivity index is 1.55. The van der Waals surface area contributed by atoms with Gasteiger partial charge in [-0.3, -0.25) is 14.5 Å². The lowest BCUT2D eigenvalue weighted by atomic mass is 10.1. The van der Waals surface area contributed by atoms with E-state index in [0.29, 0.717) is 30.7 Å². The fourth-order valence-electron chi connectivity index (χ4n) is 3.58. The standard InChI is InChI=1S/C22H24N2O4S/c1-14-10-16-18(25)12-20(28-19(16)11-15(14)2)22(26)23-13-17(21-4-3-9-29-21)24-5-7-27-8-6-24/h3-4,9-12,17H,5-8,13H2,1-2H3,(H,23,26). The quantitative estimate of drug-likeness (QED) is 0.696. The lowest BCUT2D eigenvalue weighted by Crippen LogP contribution is -2.43. The van der Waals surface area contributed by atoms with Crippen molar-refractivity contribution in [3.63, 3.8) is 0 Å². The highest BCUT2D eigenvalue weighted by Crippen LogP contribution is 2.25. The molecular weight excluding hydrogens is 388 g/mol. The van der Waals surface area contributed by atoms with Gasteiger partial charge in [-0.05, 0) is 48.6 Å². The van der Waals surface area contributed by atoms with Crippen molar-refractivity contribution in [1.82, 2.24) is 10.2 Å². The zero-order valence-corrected chi connectivity index (χ0v) is 17.4. The van der Waals surface area contributed by atoms with Gasteiger partial charge in [-0.15, -0.1) is 11.3 Å². The number of aryl methyl sites for hydroxylation is 2. The van der Waals surface area contributed by atoms with Crippen molar-refractivity contribution >= 4 is 28.2 Å². The average molecular weight is 413 g/mol. The van der Waals surface area contributed by atoms with Gasteiger partial charge in [0, 0.05) is 30.6 Å². The molecule has 3 heterocycles. The number of benzene rings is 1. The first-order chi connectivity index (χ1) is 14.0. The van der Waals surface area contributed by atoms with E-state index in [1.807, 2.05) is 37.4 Å². The minimum atomic E-state index is -0.378. The number of rotatable bonds is 5. The van der Waals surface area contributed by atoms with Crippen LogP contribution in [0.15, 0.2) is 44.9 Å². The van der Waals surface area contributed by atoms with Crippen LogP contribution in [0.2, 0.25) is 0 Å². The van der Waals surface area contributed by atoms with E-state index < -0.39 is 0 Å². The molecule has 3 aromatic rings. The molecule has 1 aromatic carbocycles. The normalized spacial score (nSPS) is 16.1. The molecule has 0 aliphatic carbocycles. The van der Waals surface area contributed by atoms with E-state index in [9.17, 15) is 9.59 Å². The van der Waals surface area contributed by atoms with Crippen molar-refractivity contribution in [2.24, 2.45) is 0 Å². The molecular formula is C22H24N2O4S. The number of hydrogen-bond donors (Lipinski definition) is 1. The molecule has 0 bridgehead atoms. The van der Waals surface area contributed by atoms with Crippen molar-refractivity contribution < 1.29 is 13.9 Å². The summed E-state index contributed by atoms with van der Waals surface area (Å²) in [6.07, 6.45) is 0. The fourth-order valence-corrected chi connectivity index (χ4v) is 4.44. The van der Waals surface area contributed by atoms with Crippen LogP contribution in [0, 0.1) is 13.8 Å². The third-order valence-electron chi connectivity index (χ3n) is 5.38. The SMILES string of the molecule is Cc1cc2oc(C(=O)NCC(c3cccs3)N3CCOCC3)cc(=O)c2cc1C. The summed E-state index contributed by atoms with van der Waals surface area (Å²) >= 11 is 1.67. The van der Waals surface area contributed by atoms with Gasteiger partial charge in [0.15, 0.2) is 11.2 Å². The number of hydrogen-bond acceptors (Lipinski definition) is 6. The van der Waals surface area contributed by atoms with Crippen molar-refractivity contribution in [3.8, 4) is 0 Å². The summed E-state index contributed by atoms with van der Waals surface area (Å²) in [5.74, 6) is -0.338. The van der Waals surface area contributed by atoms with Gasteiger partial charge in [0.2, 0.25) is 0 Å². The smallest absolute Gasteiger partial charge is 0.287 e. The Bertz CT molecular complexity index is 1070. The number of fused-ring (bicyclic) bond motifs is 1. The molecule has 152 valence electrons. The highest BCUT2D eigenvalue weighted by atomic mass is 32.1. The van der Waals surface area contributed by atoms with Crippen LogP contribution in [-0.2, 0) is 4.74 Å². The maximum absolute atomic E-state index is 12.8. The molecule has 4 rings (SSSR count). The van der Waals surface area contributed by atoms with Gasteiger partial charge >= 0.3 is 0 Å². The van der Waals surface area contributed by atoms with Gasteiger partial charge < -0.3 is 14.5 Å². The Morgan fingerprint density at radius 1 is 1.21 bits per heavy atom. The Labute approximate surface area is 173 Å². The predicted molar refractivity (Wildman–Crippen MR) is 114 cm³/mol. The van der Waals surface area contributed by atoms with E-state index in [0.717, 1.165) is 24.2 Å². The lowest BCUT2D eigenvalue weighted by Gasteiger charge is -2.34. The summed E-state index contributed by atoms with van der Waals surface area (Å²) in [4.78, 5) is 28.8. The molecule has 1 atom stereocenters. The molecule has 1 aliphatic rings. The summed E-state index contributed by atoms with van der Waals surface area (Å²) in [5, 5.41) is 5.49. The number of amides is 1. The number of ether oxygens (including phenoxy) is 1. The second-order valence-corrected chi connectivity index (χ2v) is 8.28. The van der Waals surface area contributed by atoms with Crippen LogP contribution in [-0.4, -0.2) is 43.7 Å². The Morgan fingerprint density at radius 2 is 1.97 bits per heavy atom. The first kappa shape index (κ1) is 19.8. The summed E-state index contributed by atoms with van der Waals surface area (Å²) < 4.78 is 11.2. The number of nitrogens with zero attached hydrogens (tertiary/aromatic N) is 1. The van der Waals surface area contributed by atoms with Crippen LogP contribution < -0.4 is 10.7 Å². The summed E-state index contributed by atoms with van der Waals surface area (Å²) in [6, 6.07) is 9.07. The zero-order valence-electron chi connectivity index (χ0n) is 16.6. The van der Waals surface area contributed by atoms with Gasteiger partial charge in [0.1, 0.15) is 5.58 Å². The third kappa shape index (κ3) is 4.27. The number of nitrogens with one attached hydrogen (secondary N) is 1. The van der Waals surface area contributed by atoms with Crippen LogP contribution in [0.4, 0.5) is 0 Å². The molecule has 1 aliphatic heterocycles. The van der Waals surface area contributed by atoms with Crippen LogP contribution in [0.5, 0.6) is 0 Å². The molecule has 0 spiro atoms. The Hall–Kier alpha value is -2.48. The molecule has 2 aromatic heterocycles. The third-order valence-corrected chi connectivity index (χ3v) is 6.35. The molecule has 6 nitrogen and oxygen atoms in total. The molecule has 1 amide bonds. The molecule has 1 N–H and O–H groups in total. The van der Waals surface area contributed by atoms with E-state index in [-0.39, 0.29) is 23.1 Å². The van der Waals surface area contributed by atoms with E-state index >= 15 is 0 Å². The van der Waals surface area contributed by atoms with E-state index in [4.69, 9.17) is 9.15 Å². The zero-order chi connectivity index (χ0) is 20.4.